The van der Waals surface area contributed by atoms with Crippen LogP contribution in [0.1, 0.15) is 176 Å². The molecular formula is C67H92Br2ClLiN10O11S4. The number of rotatable bonds is 13. The number of amidine groups is 1. The molecule has 0 bridgehead atoms. The number of halogens is 3. The summed E-state index contributed by atoms with van der Waals surface area (Å²) >= 11 is 12.5. The SMILES string of the molecule is COC(=O)c1ccc([C@H](C)Oc2nc(C)nc(C)c2C)cc1.C[C@H](O)c1ccc(Br)cc1.Cc1nc(C)c(C)c(Cl)n1.Cc1nc(C)c(C)c(O[C@@H](C)c2ccc(Br)cc2)n1.Cc1nc(C)c(C)c(O[C@@H](C)c2ccc(C(=O)O)cc2)n1.N/C(=N\O)C1CC1.O.S.S.S.S.[Li+].[OH-]. The molecular weight excluding hydrogens is 1450 g/mol. The van der Waals surface area contributed by atoms with Crippen LogP contribution >= 0.6 is 97.4 Å². The first-order valence-electron chi connectivity index (χ1n) is 28.5. The van der Waals surface area contributed by atoms with Crippen molar-refractivity contribution < 1.29 is 73.8 Å². The molecule has 4 aromatic heterocycles. The number of benzene rings is 4. The van der Waals surface area contributed by atoms with Crippen LogP contribution in [-0.2, 0) is 4.74 Å². The van der Waals surface area contributed by atoms with E-state index in [0.717, 1.165) is 101 Å². The molecule has 4 aromatic carbocycles. The number of aliphatic hydroxyl groups excluding tert-OH is 1. The van der Waals surface area contributed by atoms with Gasteiger partial charge in [0, 0.05) is 59.9 Å². The number of oxime groups is 1. The van der Waals surface area contributed by atoms with Crippen LogP contribution in [0.15, 0.2) is 111 Å². The maximum Gasteiger partial charge on any atom is 1.00 e. The minimum Gasteiger partial charge on any atom is -0.870 e. The molecule has 0 aliphatic heterocycles. The molecule has 29 heteroatoms. The van der Waals surface area contributed by atoms with Crippen LogP contribution in [-0.4, -0.2) is 91.1 Å². The minimum absolute atomic E-state index is 0. The van der Waals surface area contributed by atoms with E-state index >= 15 is 0 Å². The Balaban J connectivity index is -0.000000541. The Hall–Kier alpha value is -6.06. The normalized spacial score (nSPS) is 11.8. The topological polar surface area (TPSA) is 335 Å². The molecule has 8 aromatic rings. The predicted octanol–water partition coefficient (Wildman–Crippen LogP) is 12.0. The van der Waals surface area contributed by atoms with Gasteiger partial charge in [0.25, 0.3) is 0 Å². The number of aliphatic hydroxyl groups is 1. The van der Waals surface area contributed by atoms with Gasteiger partial charge in [0.1, 0.15) is 52.6 Å². The Bertz CT molecular complexity index is 3670. The Labute approximate surface area is 626 Å². The molecule has 96 heavy (non-hydrogen) atoms. The average Bonchev–Trinajstić information content (AvgIpc) is 1.24. The van der Waals surface area contributed by atoms with Gasteiger partial charge in [-0.05, 0) is 194 Å². The maximum atomic E-state index is 11.4. The van der Waals surface area contributed by atoms with Crippen molar-refractivity contribution in [3.63, 3.8) is 0 Å². The molecule has 0 spiro atoms. The van der Waals surface area contributed by atoms with Crippen LogP contribution < -0.4 is 38.8 Å². The molecule has 0 amide bonds. The van der Waals surface area contributed by atoms with Crippen molar-refractivity contribution in [1.82, 2.24) is 39.9 Å². The van der Waals surface area contributed by atoms with E-state index in [2.05, 4.69) is 81.6 Å². The minimum atomic E-state index is -0.937. The fourth-order valence-electron chi connectivity index (χ4n) is 7.83. The quantitative estimate of drug-likeness (QED) is 0.0158. The summed E-state index contributed by atoms with van der Waals surface area (Å²) in [5.74, 6) is 4.14. The molecule has 522 valence electrons. The fourth-order valence-corrected chi connectivity index (χ4v) is 8.62. The Morgan fingerprint density at radius 2 is 0.792 bits per heavy atom. The van der Waals surface area contributed by atoms with Crippen LogP contribution in [0.4, 0.5) is 0 Å². The zero-order valence-electron chi connectivity index (χ0n) is 57.5. The summed E-state index contributed by atoms with van der Waals surface area (Å²) in [5.41, 5.74) is 17.4. The van der Waals surface area contributed by atoms with E-state index in [1.54, 1.807) is 43.3 Å². The van der Waals surface area contributed by atoms with Crippen molar-refractivity contribution in [3.8, 4) is 17.6 Å². The first kappa shape index (κ1) is 96.3. The number of carbonyl (C=O) groups excluding carboxylic acids is 1. The maximum absolute atomic E-state index is 11.4. The van der Waals surface area contributed by atoms with Gasteiger partial charge < -0.3 is 51.1 Å². The number of nitrogens with zero attached hydrogens (tertiary/aromatic N) is 9. The monoisotopic (exact) mass is 1540 g/mol. The van der Waals surface area contributed by atoms with Gasteiger partial charge in [-0.2, -0.15) is 68.9 Å². The zero-order valence-corrected chi connectivity index (χ0v) is 65.4. The van der Waals surface area contributed by atoms with Crippen LogP contribution in [0.3, 0.4) is 0 Å². The molecule has 1 aliphatic rings. The molecule has 1 aliphatic carbocycles. The van der Waals surface area contributed by atoms with Crippen molar-refractivity contribution in [1.29, 1.82) is 0 Å². The first-order chi connectivity index (χ1) is 41.9. The van der Waals surface area contributed by atoms with Crippen molar-refractivity contribution >= 4 is 115 Å². The second-order valence-electron chi connectivity index (χ2n) is 21.0. The number of ether oxygens (including phenoxy) is 4. The number of esters is 1. The largest absolute Gasteiger partial charge is 1.00 e. The Morgan fingerprint density at radius 1 is 0.510 bits per heavy atom. The summed E-state index contributed by atoms with van der Waals surface area (Å²) < 4.78 is 24.6. The molecule has 9 rings (SSSR count). The number of hydrogen-bond acceptors (Lipinski definition) is 18. The van der Waals surface area contributed by atoms with Gasteiger partial charge in [0.05, 0.1) is 24.3 Å². The van der Waals surface area contributed by atoms with Crippen molar-refractivity contribution in [2.45, 2.75) is 148 Å². The van der Waals surface area contributed by atoms with E-state index in [1.165, 1.54) is 7.11 Å². The van der Waals surface area contributed by atoms with Gasteiger partial charge in [-0.3, -0.25) is 0 Å². The number of carboxylic acids is 1. The second-order valence-corrected chi connectivity index (χ2v) is 23.2. The summed E-state index contributed by atoms with van der Waals surface area (Å²) in [6, 6.07) is 29.6. The Kier molecular flexibility index (Phi) is 47.2. The van der Waals surface area contributed by atoms with Crippen molar-refractivity contribution in [3.05, 3.63) is 213 Å². The number of carboxylic acid groups (broad SMARTS) is 1. The van der Waals surface area contributed by atoms with Gasteiger partial charge in [0.2, 0.25) is 17.6 Å². The molecule has 8 N–H and O–H groups in total. The number of aromatic carboxylic acids is 1. The smallest absolute Gasteiger partial charge is 0.870 e. The molecule has 0 unspecified atom stereocenters. The zero-order chi connectivity index (χ0) is 66.4. The summed E-state index contributed by atoms with van der Waals surface area (Å²) in [7, 11) is 1.37. The van der Waals surface area contributed by atoms with Crippen LogP contribution in [0.2, 0.25) is 5.15 Å². The van der Waals surface area contributed by atoms with Crippen molar-refractivity contribution in [2.75, 3.05) is 7.11 Å². The Morgan fingerprint density at radius 3 is 1.05 bits per heavy atom. The standard InChI is InChI=1S/C17H20N2O3.C16H18N2O3.C15H17BrN2O.C8H9BrO.C7H9ClN2.C4H8N2O.Li.2H2O.4H2S/c1-10-11(2)18-13(4)19-16(10)22-12(3)14-6-8-15(9-7-14)17(20)21-5;1-9-10(2)17-12(4)18-15(9)21-11(3)13-5-7-14(8-6-13)16(19)20;1-9-10(2)17-12(4)18-15(9)19-11(3)13-5-7-14(16)8-6-13;1-6(10)7-2-4-8(9)5-3-7;1-4-5(2)9-6(3)10-7(4)8;5-4(6-7)3-1-2-3;;;;;;;/h6-9,12H,1-5H3;5-8,11H,1-4H3,(H,19,20);5-8,11H,1-4H3;2-6,10H,1H3;1-3H3;3,7H,1-2H2,(H2,5,6);;6*1H2/q;;;;;;+1;;;;;;/p-1/t12-;2*11-;6-;;;;;;;;;/m0000........./s1. The number of aryl methyl sites for hydroxylation is 8. The van der Waals surface area contributed by atoms with E-state index < -0.39 is 5.97 Å². The van der Waals surface area contributed by atoms with E-state index in [4.69, 9.17) is 47.0 Å². The van der Waals surface area contributed by atoms with Gasteiger partial charge >= 0.3 is 30.8 Å². The third-order valence-corrected chi connectivity index (χ3v) is 15.3. The number of carbonyl (C=O) groups is 2. The molecule has 4 heterocycles. The molecule has 1 saturated carbocycles. The first-order valence-corrected chi connectivity index (χ1v) is 30.5. The average molecular weight is 1540 g/mol. The second kappa shape index (κ2) is 47.0. The van der Waals surface area contributed by atoms with Crippen molar-refractivity contribution in [2.24, 2.45) is 16.8 Å². The van der Waals surface area contributed by atoms with E-state index in [-0.39, 0.29) is 120 Å². The third kappa shape index (κ3) is 31.6. The van der Waals surface area contributed by atoms with E-state index in [0.29, 0.717) is 51.8 Å². The molecule has 1 fully saturated rings. The van der Waals surface area contributed by atoms with Crippen LogP contribution in [0.25, 0.3) is 0 Å². The molecule has 21 nitrogen and oxygen atoms in total. The summed E-state index contributed by atoms with van der Waals surface area (Å²) in [5, 5.41) is 29.4. The van der Waals surface area contributed by atoms with Crippen LogP contribution in [0, 0.1) is 89.0 Å². The molecule has 0 radical (unpaired) electrons. The van der Waals surface area contributed by atoms with E-state index in [1.807, 2.05) is 165 Å². The number of hydrogen-bond donors (Lipinski definition) is 4. The van der Waals surface area contributed by atoms with Gasteiger partial charge in [-0.1, -0.05) is 97.1 Å². The summed E-state index contributed by atoms with van der Waals surface area (Å²) in [6.07, 6.45) is 1.37. The van der Waals surface area contributed by atoms with Gasteiger partial charge in [-0.25, -0.2) is 34.5 Å². The summed E-state index contributed by atoms with van der Waals surface area (Å²) in [6.45, 7) is 30.5. The summed E-state index contributed by atoms with van der Waals surface area (Å²) in [4.78, 5) is 56.4. The van der Waals surface area contributed by atoms with Crippen LogP contribution in [0.5, 0.6) is 17.6 Å². The van der Waals surface area contributed by atoms with Gasteiger partial charge in [0.15, 0.2) is 0 Å². The number of methoxy groups -OCH3 is 1. The third-order valence-electron chi connectivity index (χ3n) is 13.9. The molecule has 4 atom stereocenters. The number of aromatic nitrogens is 8. The predicted molar refractivity (Wildman–Crippen MR) is 400 cm³/mol. The molecule has 0 saturated heterocycles. The number of nitrogens with two attached hydrogens (primary N) is 1. The van der Waals surface area contributed by atoms with E-state index in [9.17, 15) is 9.59 Å². The van der Waals surface area contributed by atoms with Gasteiger partial charge in [-0.15, -0.1) is 0 Å². The fraction of sp³-hybridized carbons (Fsp3) is 0.358.